The Morgan fingerprint density at radius 3 is 2.10 bits per heavy atom. The van der Waals surface area contributed by atoms with Crippen LogP contribution in [-0.4, -0.2) is 61.4 Å². The van der Waals surface area contributed by atoms with Gasteiger partial charge in [-0.3, -0.25) is 9.59 Å². The summed E-state index contributed by atoms with van der Waals surface area (Å²) in [6, 6.07) is 11.0. The van der Waals surface area contributed by atoms with Gasteiger partial charge in [-0.1, -0.05) is 82.2 Å². The van der Waals surface area contributed by atoms with Crippen LogP contribution in [0, 0.1) is 5.92 Å². The van der Waals surface area contributed by atoms with Crippen molar-refractivity contribution >= 4 is 23.2 Å². The highest BCUT2D eigenvalue weighted by Gasteiger charge is 2.54. The number of para-hydroxylation sites is 1. The number of benzene rings is 2. The molecule has 0 spiro atoms. The first kappa shape index (κ1) is 30.4. The number of fused-ring (bicyclic) bond motifs is 1. The number of rotatable bonds is 15. The number of carbonyl (C=O) groups excluding carboxylic acids is 2. The van der Waals surface area contributed by atoms with Gasteiger partial charge in [0.25, 0.3) is 5.91 Å². The number of methoxy groups -OCH3 is 3. The van der Waals surface area contributed by atoms with E-state index < -0.39 is 24.1 Å². The number of hydrogen-bond acceptors (Lipinski definition) is 8. The van der Waals surface area contributed by atoms with Crippen molar-refractivity contribution in [3.05, 3.63) is 54.6 Å². The Bertz CT molecular complexity index is 1180. The van der Waals surface area contributed by atoms with Crippen LogP contribution in [0.3, 0.4) is 0 Å². The molecule has 41 heavy (non-hydrogen) atoms. The average Bonchev–Trinajstić information content (AvgIpc) is 3.25. The van der Waals surface area contributed by atoms with Gasteiger partial charge >= 0.3 is 0 Å². The van der Waals surface area contributed by atoms with E-state index in [-0.39, 0.29) is 11.8 Å². The van der Waals surface area contributed by atoms with Crippen molar-refractivity contribution in [3.63, 3.8) is 0 Å². The number of unbranched alkanes of at least 4 members (excludes halogenated alkanes) is 6. The third-order valence-electron chi connectivity index (χ3n) is 7.89. The average molecular weight is 566 g/mol. The van der Waals surface area contributed by atoms with Crippen molar-refractivity contribution in [1.29, 1.82) is 0 Å². The van der Waals surface area contributed by atoms with E-state index in [0.717, 1.165) is 19.3 Å². The van der Waals surface area contributed by atoms with E-state index >= 15 is 0 Å². The van der Waals surface area contributed by atoms with E-state index in [1.165, 1.54) is 51.9 Å². The Balaban J connectivity index is 1.61. The SMILES string of the molecule is CCCCCCCCCC(O)C1C=CC2C(=O)N(c3ccccc3)C(=O)C2N1Nc1cc(OC)c(OC)c(OC)c1. The van der Waals surface area contributed by atoms with Crippen LogP contribution in [0.2, 0.25) is 0 Å². The summed E-state index contributed by atoms with van der Waals surface area (Å²) in [5.41, 5.74) is 4.43. The molecule has 9 nitrogen and oxygen atoms in total. The molecule has 2 aliphatic heterocycles. The summed E-state index contributed by atoms with van der Waals surface area (Å²) in [5, 5.41) is 13.1. The van der Waals surface area contributed by atoms with Crippen LogP contribution in [-0.2, 0) is 9.59 Å². The van der Waals surface area contributed by atoms with Gasteiger partial charge in [-0.2, -0.15) is 0 Å². The number of hydrazine groups is 1. The number of imide groups is 1. The lowest BCUT2D eigenvalue weighted by Crippen LogP contribution is -2.57. The molecule has 0 bridgehead atoms. The summed E-state index contributed by atoms with van der Waals surface area (Å²) < 4.78 is 16.5. The lowest BCUT2D eigenvalue weighted by Gasteiger charge is -2.40. The van der Waals surface area contributed by atoms with Crippen molar-refractivity contribution in [2.45, 2.75) is 76.5 Å². The number of ether oxygens (including phenoxy) is 3. The molecule has 2 aromatic carbocycles. The van der Waals surface area contributed by atoms with Gasteiger partial charge in [0.15, 0.2) is 11.5 Å². The molecule has 2 heterocycles. The number of aliphatic hydroxyl groups is 1. The van der Waals surface area contributed by atoms with Crippen molar-refractivity contribution in [2.75, 3.05) is 31.7 Å². The van der Waals surface area contributed by atoms with E-state index in [0.29, 0.717) is 35.0 Å². The Kier molecular flexibility index (Phi) is 10.7. The second-order valence-corrected chi connectivity index (χ2v) is 10.6. The molecule has 0 saturated carbocycles. The fraction of sp³-hybridized carbons (Fsp3) is 0.500. The first-order valence-electron chi connectivity index (χ1n) is 14.6. The zero-order valence-corrected chi connectivity index (χ0v) is 24.5. The third kappa shape index (κ3) is 6.68. The standard InChI is InChI=1S/C32H43N3O6/c1-5-6-7-8-9-10-14-17-26(36)25-19-18-24-29(32(38)34(31(24)37)23-15-12-11-13-16-23)35(25)33-22-20-27(39-2)30(41-4)28(21-22)40-3/h11-13,15-16,18-21,24-26,29,33,36H,5-10,14,17H2,1-4H3. The van der Waals surface area contributed by atoms with Gasteiger partial charge in [0, 0.05) is 12.1 Å². The zero-order chi connectivity index (χ0) is 29.4. The number of nitrogens with one attached hydrogen (secondary N) is 1. The van der Waals surface area contributed by atoms with Crippen molar-refractivity contribution in [3.8, 4) is 17.2 Å². The third-order valence-corrected chi connectivity index (χ3v) is 7.89. The molecule has 4 unspecified atom stereocenters. The Morgan fingerprint density at radius 1 is 0.854 bits per heavy atom. The number of anilines is 2. The summed E-state index contributed by atoms with van der Waals surface area (Å²) in [6.45, 7) is 2.21. The predicted molar refractivity (Wildman–Crippen MR) is 159 cm³/mol. The van der Waals surface area contributed by atoms with Crippen LogP contribution in [0.15, 0.2) is 54.6 Å². The van der Waals surface area contributed by atoms with Gasteiger partial charge in [0.1, 0.15) is 6.04 Å². The van der Waals surface area contributed by atoms with Crippen LogP contribution >= 0.6 is 0 Å². The zero-order valence-electron chi connectivity index (χ0n) is 24.5. The highest BCUT2D eigenvalue weighted by Crippen LogP contribution is 2.42. The van der Waals surface area contributed by atoms with Gasteiger partial charge in [-0.05, 0) is 18.6 Å². The minimum absolute atomic E-state index is 0.292. The van der Waals surface area contributed by atoms with E-state index in [4.69, 9.17) is 14.2 Å². The fourth-order valence-electron chi connectivity index (χ4n) is 5.74. The van der Waals surface area contributed by atoms with Crippen LogP contribution in [0.25, 0.3) is 0 Å². The lowest BCUT2D eigenvalue weighted by atomic mass is 9.91. The van der Waals surface area contributed by atoms with Crippen LogP contribution in [0.4, 0.5) is 11.4 Å². The maximum absolute atomic E-state index is 13.9. The number of amides is 2. The number of carbonyl (C=O) groups is 2. The molecule has 2 aromatic rings. The summed E-state index contributed by atoms with van der Waals surface area (Å²) in [6.07, 6.45) is 11.5. The predicted octanol–water partition coefficient (Wildman–Crippen LogP) is 5.34. The molecule has 4 rings (SSSR count). The molecule has 0 aliphatic carbocycles. The summed E-state index contributed by atoms with van der Waals surface area (Å²) >= 11 is 0. The molecule has 0 aromatic heterocycles. The van der Waals surface area contributed by atoms with Gasteiger partial charge in [-0.25, -0.2) is 9.91 Å². The molecule has 1 fully saturated rings. The lowest BCUT2D eigenvalue weighted by molar-refractivity contribution is -0.123. The molecule has 1 saturated heterocycles. The Labute approximate surface area is 243 Å². The van der Waals surface area contributed by atoms with Gasteiger partial charge in [0.05, 0.1) is 50.8 Å². The highest BCUT2D eigenvalue weighted by molar-refractivity contribution is 6.24. The first-order valence-corrected chi connectivity index (χ1v) is 14.6. The molecule has 2 N–H and O–H groups in total. The van der Waals surface area contributed by atoms with Gasteiger partial charge < -0.3 is 24.7 Å². The molecular weight excluding hydrogens is 522 g/mol. The second kappa shape index (κ2) is 14.4. The molecule has 222 valence electrons. The van der Waals surface area contributed by atoms with E-state index in [2.05, 4.69) is 12.3 Å². The van der Waals surface area contributed by atoms with Crippen LogP contribution in [0.5, 0.6) is 17.2 Å². The normalized spacial score (nSPS) is 21.1. The Morgan fingerprint density at radius 2 is 1.49 bits per heavy atom. The minimum atomic E-state index is -0.847. The maximum atomic E-state index is 13.9. The number of hydrogen-bond donors (Lipinski definition) is 2. The van der Waals surface area contributed by atoms with E-state index in [9.17, 15) is 14.7 Å². The molecule has 2 aliphatic rings. The first-order chi connectivity index (χ1) is 19.9. The summed E-state index contributed by atoms with van der Waals surface area (Å²) in [5.74, 6) is -0.00591. The largest absolute Gasteiger partial charge is 0.493 e. The van der Waals surface area contributed by atoms with Gasteiger partial charge in [-0.15, -0.1) is 0 Å². The molecule has 0 radical (unpaired) electrons. The molecule has 4 atom stereocenters. The minimum Gasteiger partial charge on any atom is -0.493 e. The van der Waals surface area contributed by atoms with Gasteiger partial charge in [0.2, 0.25) is 11.7 Å². The molecule has 2 amide bonds. The molecular formula is C32H43N3O6. The summed E-state index contributed by atoms with van der Waals surface area (Å²) in [4.78, 5) is 28.6. The van der Waals surface area contributed by atoms with Crippen LogP contribution < -0.4 is 24.5 Å². The number of nitrogens with zero attached hydrogens (tertiary/aromatic N) is 2. The number of aliphatic hydroxyl groups excluding tert-OH is 1. The fourth-order valence-corrected chi connectivity index (χ4v) is 5.74. The maximum Gasteiger partial charge on any atom is 0.254 e. The van der Waals surface area contributed by atoms with Crippen molar-refractivity contribution < 1.29 is 28.9 Å². The topological polar surface area (TPSA) is 101 Å². The van der Waals surface area contributed by atoms with Crippen molar-refractivity contribution in [2.24, 2.45) is 5.92 Å². The van der Waals surface area contributed by atoms with E-state index in [1.54, 1.807) is 47.5 Å². The smallest absolute Gasteiger partial charge is 0.254 e. The van der Waals surface area contributed by atoms with Crippen molar-refractivity contribution in [1.82, 2.24) is 5.01 Å². The Hall–Kier alpha value is -3.56. The van der Waals surface area contributed by atoms with E-state index in [1.807, 2.05) is 12.1 Å². The van der Waals surface area contributed by atoms with Crippen LogP contribution in [0.1, 0.15) is 58.3 Å². The quantitative estimate of drug-likeness (QED) is 0.170. The summed E-state index contributed by atoms with van der Waals surface area (Å²) in [7, 11) is 4.60. The highest BCUT2D eigenvalue weighted by atomic mass is 16.5. The second-order valence-electron chi connectivity index (χ2n) is 10.6. The molecule has 9 heteroatoms. The monoisotopic (exact) mass is 565 g/mol.